The number of hydrogen-bond donors (Lipinski definition) is 1. The minimum atomic E-state index is -0.0937. The van der Waals surface area contributed by atoms with Gasteiger partial charge in [0.15, 0.2) is 0 Å². The largest absolute Gasteiger partial charge is 0.493 e. The molecule has 0 aliphatic heterocycles. The van der Waals surface area contributed by atoms with Crippen LogP contribution in [0.3, 0.4) is 0 Å². The van der Waals surface area contributed by atoms with Gasteiger partial charge in [-0.25, -0.2) is 0 Å². The maximum Gasteiger partial charge on any atom is 0.244 e. The highest BCUT2D eigenvalue weighted by atomic mass is 16.5. The van der Waals surface area contributed by atoms with Crippen LogP contribution in [-0.4, -0.2) is 31.8 Å². The molecule has 0 fully saturated rings. The molecule has 158 valence electrons. The standard InChI is InChI=1S/C24H33NO4/c1-5-27-22-15-23-20(18-9-6-7-10-21(18)29-23)14-19(22)17(4)13-24(26)25-11-8-12-28-16(2)3/h13-16H,5-12H2,1-4H3,(H,25,26)/b17-13+. The summed E-state index contributed by atoms with van der Waals surface area (Å²) >= 11 is 0. The molecule has 1 amide bonds. The van der Waals surface area contributed by atoms with Crippen molar-refractivity contribution in [2.45, 2.75) is 65.9 Å². The molecule has 0 saturated carbocycles. The highest BCUT2D eigenvalue weighted by molar-refractivity contribution is 5.97. The van der Waals surface area contributed by atoms with Crippen LogP contribution in [0.5, 0.6) is 5.75 Å². The first-order valence-corrected chi connectivity index (χ1v) is 10.8. The summed E-state index contributed by atoms with van der Waals surface area (Å²) in [6.07, 6.45) is 7.10. The maximum atomic E-state index is 12.4. The zero-order valence-electron chi connectivity index (χ0n) is 18.1. The zero-order valence-corrected chi connectivity index (χ0v) is 18.1. The second kappa shape index (κ2) is 9.97. The van der Waals surface area contributed by atoms with Crippen molar-refractivity contribution in [3.05, 3.63) is 35.1 Å². The molecule has 0 atom stereocenters. The molecule has 29 heavy (non-hydrogen) atoms. The number of carbonyl (C=O) groups excluding carboxylic acids is 1. The fourth-order valence-electron chi connectivity index (χ4n) is 3.80. The molecule has 2 aromatic rings. The highest BCUT2D eigenvalue weighted by Gasteiger charge is 2.20. The predicted molar refractivity (Wildman–Crippen MR) is 116 cm³/mol. The van der Waals surface area contributed by atoms with Gasteiger partial charge in [0.05, 0.1) is 12.7 Å². The van der Waals surface area contributed by atoms with E-state index in [-0.39, 0.29) is 12.0 Å². The van der Waals surface area contributed by atoms with Gasteiger partial charge in [-0.15, -0.1) is 0 Å². The fourth-order valence-corrected chi connectivity index (χ4v) is 3.80. The SMILES string of the molecule is CCOc1cc2oc3c(c2cc1/C(C)=C/C(=O)NCCCOC(C)C)CCCC3. The molecule has 0 unspecified atom stereocenters. The number of benzene rings is 1. The van der Waals surface area contributed by atoms with Crippen LogP contribution in [0.4, 0.5) is 0 Å². The van der Waals surface area contributed by atoms with Crippen LogP contribution in [0, 0.1) is 0 Å². The maximum absolute atomic E-state index is 12.4. The Morgan fingerprint density at radius 3 is 2.83 bits per heavy atom. The highest BCUT2D eigenvalue weighted by Crippen LogP contribution is 2.38. The normalized spacial score (nSPS) is 14.3. The van der Waals surface area contributed by atoms with Crippen molar-refractivity contribution in [2.75, 3.05) is 19.8 Å². The number of furan rings is 1. The monoisotopic (exact) mass is 399 g/mol. The number of allylic oxidation sites excluding steroid dienone is 1. The Morgan fingerprint density at radius 2 is 2.07 bits per heavy atom. The third-order valence-corrected chi connectivity index (χ3v) is 5.20. The number of amides is 1. The molecule has 3 rings (SSSR count). The summed E-state index contributed by atoms with van der Waals surface area (Å²) in [5, 5.41) is 4.09. The van der Waals surface area contributed by atoms with E-state index >= 15 is 0 Å². The molecular weight excluding hydrogens is 366 g/mol. The van der Waals surface area contributed by atoms with E-state index in [9.17, 15) is 4.79 Å². The zero-order chi connectivity index (χ0) is 20.8. The van der Waals surface area contributed by atoms with Gasteiger partial charge in [0.25, 0.3) is 0 Å². The first kappa shape index (κ1) is 21.4. The van der Waals surface area contributed by atoms with Crippen LogP contribution in [-0.2, 0) is 22.4 Å². The van der Waals surface area contributed by atoms with E-state index in [1.54, 1.807) is 6.08 Å². The number of ether oxygens (including phenoxy) is 2. The predicted octanol–water partition coefficient (Wildman–Crippen LogP) is 5.04. The Bertz CT molecular complexity index is 879. The van der Waals surface area contributed by atoms with Gasteiger partial charge in [-0.1, -0.05) is 0 Å². The lowest BCUT2D eigenvalue weighted by molar-refractivity contribution is -0.116. The van der Waals surface area contributed by atoms with Gasteiger partial charge < -0.3 is 19.2 Å². The van der Waals surface area contributed by atoms with Gasteiger partial charge in [-0.05, 0) is 65.0 Å². The molecule has 0 spiro atoms. The van der Waals surface area contributed by atoms with Crippen LogP contribution >= 0.6 is 0 Å². The molecule has 0 radical (unpaired) electrons. The Labute approximate surface area is 173 Å². The van der Waals surface area contributed by atoms with Crippen molar-refractivity contribution in [1.29, 1.82) is 0 Å². The summed E-state index contributed by atoms with van der Waals surface area (Å²) in [6.45, 7) is 9.75. The average Bonchev–Trinajstić information content (AvgIpc) is 3.04. The Kier molecular flexibility index (Phi) is 7.37. The van der Waals surface area contributed by atoms with E-state index < -0.39 is 0 Å². The smallest absolute Gasteiger partial charge is 0.244 e. The number of carbonyl (C=O) groups is 1. The van der Waals surface area contributed by atoms with Crippen molar-refractivity contribution in [2.24, 2.45) is 0 Å². The van der Waals surface area contributed by atoms with Crippen molar-refractivity contribution < 1.29 is 18.7 Å². The first-order chi connectivity index (χ1) is 14.0. The van der Waals surface area contributed by atoms with Crippen LogP contribution in [0.1, 0.15) is 63.8 Å². The van der Waals surface area contributed by atoms with Gasteiger partial charge in [0.1, 0.15) is 17.1 Å². The van der Waals surface area contributed by atoms with Crippen LogP contribution in [0.2, 0.25) is 0 Å². The third-order valence-electron chi connectivity index (χ3n) is 5.20. The topological polar surface area (TPSA) is 60.7 Å². The minimum Gasteiger partial charge on any atom is -0.493 e. The number of fused-ring (bicyclic) bond motifs is 3. The molecule has 1 aromatic carbocycles. The van der Waals surface area contributed by atoms with E-state index in [2.05, 4.69) is 11.4 Å². The quantitative estimate of drug-likeness (QED) is 0.474. The van der Waals surface area contributed by atoms with Crippen LogP contribution in [0.25, 0.3) is 16.5 Å². The molecule has 1 aliphatic rings. The fraction of sp³-hybridized carbons (Fsp3) is 0.542. The summed E-state index contributed by atoms with van der Waals surface area (Å²) in [5.74, 6) is 1.77. The molecule has 1 aromatic heterocycles. The van der Waals surface area contributed by atoms with Gasteiger partial charge in [0, 0.05) is 48.2 Å². The Balaban J connectivity index is 1.78. The van der Waals surface area contributed by atoms with E-state index in [0.717, 1.165) is 52.9 Å². The van der Waals surface area contributed by atoms with E-state index in [1.165, 1.54) is 18.4 Å². The molecular formula is C24H33NO4. The van der Waals surface area contributed by atoms with Crippen molar-refractivity contribution >= 4 is 22.4 Å². The molecule has 0 bridgehead atoms. The summed E-state index contributed by atoms with van der Waals surface area (Å²) in [7, 11) is 0. The Hall–Kier alpha value is -2.27. The van der Waals surface area contributed by atoms with Gasteiger partial charge in [-0.3, -0.25) is 4.79 Å². The molecule has 0 saturated heterocycles. The van der Waals surface area contributed by atoms with Crippen molar-refractivity contribution in [1.82, 2.24) is 5.32 Å². The summed E-state index contributed by atoms with van der Waals surface area (Å²) in [6, 6.07) is 4.11. The number of rotatable bonds is 9. The lowest BCUT2D eigenvalue weighted by atomic mass is 9.94. The Morgan fingerprint density at radius 1 is 1.28 bits per heavy atom. The first-order valence-electron chi connectivity index (χ1n) is 10.8. The van der Waals surface area contributed by atoms with Gasteiger partial charge in [-0.2, -0.15) is 0 Å². The number of hydrogen-bond acceptors (Lipinski definition) is 4. The van der Waals surface area contributed by atoms with Crippen molar-refractivity contribution in [3.8, 4) is 5.75 Å². The number of aryl methyl sites for hydroxylation is 2. The van der Waals surface area contributed by atoms with Gasteiger partial charge >= 0.3 is 0 Å². The second-order valence-corrected chi connectivity index (χ2v) is 7.88. The summed E-state index contributed by atoms with van der Waals surface area (Å²) in [5.41, 5.74) is 4.04. The summed E-state index contributed by atoms with van der Waals surface area (Å²) in [4.78, 5) is 12.4. The van der Waals surface area contributed by atoms with E-state index in [0.29, 0.717) is 19.8 Å². The molecule has 5 heteroatoms. The molecule has 1 N–H and O–H groups in total. The molecule has 1 heterocycles. The average molecular weight is 400 g/mol. The van der Waals surface area contributed by atoms with Crippen LogP contribution < -0.4 is 10.1 Å². The van der Waals surface area contributed by atoms with E-state index in [4.69, 9.17) is 13.9 Å². The lowest BCUT2D eigenvalue weighted by Crippen LogP contribution is -2.23. The lowest BCUT2D eigenvalue weighted by Gasteiger charge is -2.12. The third kappa shape index (κ3) is 5.41. The molecule has 5 nitrogen and oxygen atoms in total. The minimum absolute atomic E-state index is 0.0937. The van der Waals surface area contributed by atoms with E-state index in [1.807, 2.05) is 33.8 Å². The number of nitrogens with one attached hydrogen (secondary N) is 1. The molecule has 1 aliphatic carbocycles. The second-order valence-electron chi connectivity index (χ2n) is 7.88. The van der Waals surface area contributed by atoms with Gasteiger partial charge in [0.2, 0.25) is 5.91 Å². The van der Waals surface area contributed by atoms with Crippen molar-refractivity contribution in [3.63, 3.8) is 0 Å². The summed E-state index contributed by atoms with van der Waals surface area (Å²) < 4.78 is 17.5. The van der Waals surface area contributed by atoms with Crippen LogP contribution in [0.15, 0.2) is 22.6 Å².